The summed E-state index contributed by atoms with van der Waals surface area (Å²) in [4.78, 5) is 2.60. The molecule has 3 nitrogen and oxygen atoms in total. The van der Waals surface area contributed by atoms with E-state index in [0.29, 0.717) is 12.2 Å². The summed E-state index contributed by atoms with van der Waals surface area (Å²) in [6.07, 6.45) is 9.26. The van der Waals surface area contributed by atoms with Crippen molar-refractivity contribution in [3.8, 4) is 0 Å². The molecule has 1 saturated carbocycles. The van der Waals surface area contributed by atoms with Gasteiger partial charge in [0.15, 0.2) is 0 Å². The van der Waals surface area contributed by atoms with Crippen LogP contribution in [-0.4, -0.2) is 49.3 Å². The Morgan fingerprint density at radius 1 is 1.00 bits per heavy atom. The molecule has 1 aliphatic carbocycles. The molecule has 0 aromatic rings. The number of nitrogens with one attached hydrogen (secondary N) is 1. The topological polar surface area (TPSA) is 24.5 Å². The Labute approximate surface area is 111 Å². The fourth-order valence-electron chi connectivity index (χ4n) is 3.77. The van der Waals surface area contributed by atoms with E-state index in [0.717, 1.165) is 12.0 Å². The third-order valence-electron chi connectivity index (χ3n) is 5.00. The summed E-state index contributed by atoms with van der Waals surface area (Å²) in [7, 11) is 0. The van der Waals surface area contributed by atoms with Gasteiger partial charge < -0.3 is 10.1 Å². The molecule has 2 aliphatic heterocycles. The van der Waals surface area contributed by atoms with Gasteiger partial charge in [0.1, 0.15) is 0 Å². The number of morpholine rings is 1. The first-order chi connectivity index (χ1) is 8.79. The quantitative estimate of drug-likeness (QED) is 0.828. The first-order valence-corrected chi connectivity index (χ1v) is 7.91. The molecule has 1 N–H and O–H groups in total. The Balaban J connectivity index is 1.32. The van der Waals surface area contributed by atoms with E-state index >= 15 is 0 Å². The monoisotopic (exact) mass is 252 g/mol. The van der Waals surface area contributed by atoms with Crippen molar-refractivity contribution in [1.29, 1.82) is 0 Å². The van der Waals surface area contributed by atoms with Gasteiger partial charge in [-0.05, 0) is 44.4 Å². The molecule has 3 aliphatic rings. The number of likely N-dealkylation sites (tertiary alicyclic amines) is 1. The van der Waals surface area contributed by atoms with Crippen molar-refractivity contribution >= 4 is 0 Å². The zero-order valence-electron chi connectivity index (χ0n) is 11.7. The molecule has 2 unspecified atom stereocenters. The highest BCUT2D eigenvalue weighted by Gasteiger charge is 2.33. The van der Waals surface area contributed by atoms with Gasteiger partial charge in [-0.2, -0.15) is 0 Å². The predicted octanol–water partition coefficient (Wildman–Crippen LogP) is 2.02. The van der Waals surface area contributed by atoms with Crippen LogP contribution in [0.4, 0.5) is 0 Å². The normalized spacial score (nSPS) is 41.2. The first kappa shape index (κ1) is 12.9. The van der Waals surface area contributed by atoms with Crippen molar-refractivity contribution in [2.24, 2.45) is 5.92 Å². The molecule has 2 heterocycles. The van der Waals surface area contributed by atoms with Crippen molar-refractivity contribution in [2.75, 3.05) is 26.2 Å². The molecular formula is C15H28N2O. The Morgan fingerprint density at radius 2 is 1.67 bits per heavy atom. The van der Waals surface area contributed by atoms with Gasteiger partial charge in [-0.3, -0.25) is 4.90 Å². The van der Waals surface area contributed by atoms with Crippen LogP contribution in [0.3, 0.4) is 0 Å². The van der Waals surface area contributed by atoms with Gasteiger partial charge in [0.05, 0.1) is 12.2 Å². The molecule has 2 saturated heterocycles. The van der Waals surface area contributed by atoms with Crippen molar-refractivity contribution < 1.29 is 4.74 Å². The standard InChI is InChI=1S/C15H28N2O/c1-12-2-4-13(5-3-12)16-8-9-17-10-14-6-7-15(11-17)18-14/h12-16H,2-11H2,1H3. The van der Waals surface area contributed by atoms with Crippen LogP contribution in [0, 0.1) is 5.92 Å². The van der Waals surface area contributed by atoms with Gasteiger partial charge >= 0.3 is 0 Å². The minimum absolute atomic E-state index is 0.541. The van der Waals surface area contributed by atoms with E-state index in [4.69, 9.17) is 4.74 Å². The van der Waals surface area contributed by atoms with Crippen LogP contribution in [-0.2, 0) is 4.74 Å². The van der Waals surface area contributed by atoms with Crippen molar-refractivity contribution in [2.45, 2.75) is 63.7 Å². The Morgan fingerprint density at radius 3 is 2.33 bits per heavy atom. The summed E-state index contributed by atoms with van der Waals surface area (Å²) in [5.41, 5.74) is 0. The minimum atomic E-state index is 0.541. The lowest BCUT2D eigenvalue weighted by molar-refractivity contribution is -0.0378. The van der Waals surface area contributed by atoms with Crippen LogP contribution in [0.1, 0.15) is 45.4 Å². The Hall–Kier alpha value is -0.120. The van der Waals surface area contributed by atoms with E-state index in [2.05, 4.69) is 17.1 Å². The van der Waals surface area contributed by atoms with Gasteiger partial charge in [0.25, 0.3) is 0 Å². The van der Waals surface area contributed by atoms with E-state index in [1.165, 1.54) is 64.7 Å². The van der Waals surface area contributed by atoms with Crippen LogP contribution in [0.5, 0.6) is 0 Å². The fourth-order valence-corrected chi connectivity index (χ4v) is 3.77. The van der Waals surface area contributed by atoms with Crippen LogP contribution in [0.2, 0.25) is 0 Å². The van der Waals surface area contributed by atoms with Gasteiger partial charge in [-0.25, -0.2) is 0 Å². The maximum absolute atomic E-state index is 5.87. The molecule has 0 spiro atoms. The second-order valence-electron chi connectivity index (χ2n) is 6.63. The third-order valence-corrected chi connectivity index (χ3v) is 5.00. The van der Waals surface area contributed by atoms with Crippen LogP contribution < -0.4 is 5.32 Å². The van der Waals surface area contributed by atoms with Gasteiger partial charge in [0, 0.05) is 32.2 Å². The highest BCUT2D eigenvalue weighted by molar-refractivity contribution is 4.85. The molecule has 0 aromatic heterocycles. The summed E-state index contributed by atoms with van der Waals surface area (Å²) in [5, 5.41) is 3.76. The number of ether oxygens (including phenoxy) is 1. The van der Waals surface area contributed by atoms with Crippen LogP contribution >= 0.6 is 0 Å². The maximum Gasteiger partial charge on any atom is 0.0707 e. The van der Waals surface area contributed by atoms with Crippen molar-refractivity contribution in [3.63, 3.8) is 0 Å². The average molecular weight is 252 g/mol. The SMILES string of the molecule is CC1CCC(NCCN2CC3CCC(C2)O3)CC1. The molecule has 18 heavy (non-hydrogen) atoms. The lowest BCUT2D eigenvalue weighted by Gasteiger charge is -2.33. The molecule has 0 aromatic carbocycles. The zero-order valence-corrected chi connectivity index (χ0v) is 11.7. The van der Waals surface area contributed by atoms with Crippen LogP contribution in [0.25, 0.3) is 0 Å². The fraction of sp³-hybridized carbons (Fsp3) is 1.00. The molecule has 2 bridgehead atoms. The number of nitrogens with zero attached hydrogens (tertiary/aromatic N) is 1. The first-order valence-electron chi connectivity index (χ1n) is 7.91. The summed E-state index contributed by atoms with van der Waals surface area (Å²) in [6, 6.07) is 0.791. The highest BCUT2D eigenvalue weighted by atomic mass is 16.5. The number of fused-ring (bicyclic) bond motifs is 2. The summed E-state index contributed by atoms with van der Waals surface area (Å²) >= 11 is 0. The van der Waals surface area contributed by atoms with E-state index in [-0.39, 0.29) is 0 Å². The zero-order chi connectivity index (χ0) is 12.4. The molecule has 3 rings (SSSR count). The summed E-state index contributed by atoms with van der Waals surface area (Å²) < 4.78 is 5.87. The number of hydrogen-bond donors (Lipinski definition) is 1. The average Bonchev–Trinajstić information content (AvgIpc) is 2.71. The highest BCUT2D eigenvalue weighted by Crippen LogP contribution is 2.26. The van der Waals surface area contributed by atoms with Gasteiger partial charge in [-0.1, -0.05) is 6.92 Å². The summed E-state index contributed by atoms with van der Waals surface area (Å²) in [5.74, 6) is 0.956. The molecule has 0 radical (unpaired) electrons. The number of hydrogen-bond acceptors (Lipinski definition) is 3. The molecule has 3 heteroatoms. The number of rotatable bonds is 4. The molecular weight excluding hydrogens is 224 g/mol. The lowest BCUT2D eigenvalue weighted by atomic mass is 9.87. The third kappa shape index (κ3) is 3.25. The largest absolute Gasteiger partial charge is 0.372 e. The van der Waals surface area contributed by atoms with Crippen molar-refractivity contribution in [1.82, 2.24) is 10.2 Å². The molecule has 2 atom stereocenters. The molecule has 0 amide bonds. The summed E-state index contributed by atoms with van der Waals surface area (Å²) in [6.45, 7) is 7.10. The molecule has 3 fully saturated rings. The second-order valence-corrected chi connectivity index (χ2v) is 6.63. The van der Waals surface area contributed by atoms with E-state index < -0.39 is 0 Å². The van der Waals surface area contributed by atoms with Crippen LogP contribution in [0.15, 0.2) is 0 Å². The van der Waals surface area contributed by atoms with Gasteiger partial charge in [-0.15, -0.1) is 0 Å². The second kappa shape index (κ2) is 5.89. The predicted molar refractivity (Wildman–Crippen MR) is 73.8 cm³/mol. The van der Waals surface area contributed by atoms with E-state index in [1.807, 2.05) is 0 Å². The van der Waals surface area contributed by atoms with E-state index in [9.17, 15) is 0 Å². The van der Waals surface area contributed by atoms with Crippen molar-refractivity contribution in [3.05, 3.63) is 0 Å². The van der Waals surface area contributed by atoms with E-state index in [1.54, 1.807) is 0 Å². The Kier molecular flexibility index (Phi) is 4.22. The van der Waals surface area contributed by atoms with Gasteiger partial charge in [0.2, 0.25) is 0 Å². The maximum atomic E-state index is 5.87. The minimum Gasteiger partial charge on any atom is -0.372 e. The lowest BCUT2D eigenvalue weighted by Crippen LogP contribution is -2.46. The molecule has 104 valence electrons. The smallest absolute Gasteiger partial charge is 0.0707 e. The Bertz CT molecular complexity index is 251.